The predicted octanol–water partition coefficient (Wildman–Crippen LogP) is 4.59. The molecule has 0 bridgehead atoms. The highest BCUT2D eigenvalue weighted by Gasteiger charge is 2.40. The fourth-order valence-electron chi connectivity index (χ4n) is 3.24. The van der Waals surface area contributed by atoms with Gasteiger partial charge < -0.3 is 10.2 Å². The topological polar surface area (TPSA) is 15.3 Å². The first-order valence-corrected chi connectivity index (χ1v) is 8.91. The number of para-hydroxylation sites is 1. The highest BCUT2D eigenvalue weighted by Crippen LogP contribution is 2.48. The van der Waals surface area contributed by atoms with E-state index in [0.717, 1.165) is 13.0 Å². The fraction of sp³-hybridized carbons (Fsp3) is 0.353. The molecular weight excluding hydrogens is 315 g/mol. The van der Waals surface area contributed by atoms with Crippen molar-refractivity contribution in [2.45, 2.75) is 25.3 Å². The van der Waals surface area contributed by atoms with Gasteiger partial charge in [0, 0.05) is 11.4 Å². The summed E-state index contributed by atoms with van der Waals surface area (Å²) in [5.74, 6) is 0.426. The molecule has 5 heteroatoms. The number of benzene rings is 1. The quantitative estimate of drug-likeness (QED) is 0.810. The number of hydrogen-bond acceptors (Lipinski definition) is 2. The summed E-state index contributed by atoms with van der Waals surface area (Å²) in [5, 5.41) is 5.92. The van der Waals surface area contributed by atoms with E-state index >= 15 is 0 Å². The van der Waals surface area contributed by atoms with E-state index in [0.29, 0.717) is 22.8 Å². The van der Waals surface area contributed by atoms with Gasteiger partial charge in [-0.05, 0) is 66.5 Å². The molecule has 0 unspecified atom stereocenters. The predicted molar refractivity (Wildman–Crippen MR) is 92.8 cm³/mol. The van der Waals surface area contributed by atoms with Crippen LogP contribution in [0.1, 0.15) is 29.3 Å². The van der Waals surface area contributed by atoms with Crippen LogP contribution in [0.3, 0.4) is 0 Å². The maximum Gasteiger partial charge on any atom is 0.174 e. The van der Waals surface area contributed by atoms with E-state index in [1.807, 2.05) is 17.4 Å². The zero-order valence-corrected chi connectivity index (χ0v) is 13.7. The number of hydrogen-bond donors (Lipinski definition) is 1. The normalized spacial score (nSPS) is 20.6. The molecule has 0 radical (unpaired) electrons. The number of halogens is 1. The Balaban J connectivity index is 1.59. The molecule has 2 aliphatic rings. The highest BCUT2D eigenvalue weighted by molar-refractivity contribution is 7.80. The summed E-state index contributed by atoms with van der Waals surface area (Å²) in [5.41, 5.74) is 1.88. The number of thiocarbonyl (C=S) groups is 1. The number of fused-ring (bicyclic) bond motifs is 1. The first kappa shape index (κ1) is 14.2. The first-order valence-electron chi connectivity index (χ1n) is 7.62. The third kappa shape index (κ3) is 2.52. The minimum atomic E-state index is -0.263. The molecule has 2 aromatic rings. The molecular formula is C17H17FN2S2. The van der Waals surface area contributed by atoms with Crippen LogP contribution in [-0.4, -0.2) is 16.6 Å². The summed E-state index contributed by atoms with van der Waals surface area (Å²) in [6, 6.07) is 9.29. The molecule has 1 saturated carbocycles. The highest BCUT2D eigenvalue weighted by atomic mass is 32.1. The lowest BCUT2D eigenvalue weighted by Gasteiger charge is -2.38. The van der Waals surface area contributed by atoms with Gasteiger partial charge in [-0.3, -0.25) is 0 Å². The van der Waals surface area contributed by atoms with Crippen molar-refractivity contribution in [2.24, 2.45) is 5.92 Å². The molecule has 2 heterocycles. The Labute approximate surface area is 139 Å². The van der Waals surface area contributed by atoms with Crippen LogP contribution in [0.4, 0.5) is 10.1 Å². The lowest BCUT2D eigenvalue weighted by molar-refractivity contribution is 0.276. The molecule has 22 heavy (non-hydrogen) atoms. The Hall–Kier alpha value is -1.46. The van der Waals surface area contributed by atoms with Crippen molar-refractivity contribution < 1.29 is 4.39 Å². The summed E-state index contributed by atoms with van der Waals surface area (Å²) in [7, 11) is 0. The van der Waals surface area contributed by atoms with E-state index in [-0.39, 0.29) is 5.82 Å². The molecule has 1 aromatic carbocycles. The van der Waals surface area contributed by atoms with E-state index < -0.39 is 0 Å². The lowest BCUT2D eigenvalue weighted by atomic mass is 9.96. The van der Waals surface area contributed by atoms with E-state index in [1.54, 1.807) is 12.1 Å². The van der Waals surface area contributed by atoms with E-state index in [9.17, 15) is 4.39 Å². The number of anilines is 1. The van der Waals surface area contributed by atoms with Crippen molar-refractivity contribution in [1.29, 1.82) is 0 Å². The molecule has 4 rings (SSSR count). The van der Waals surface area contributed by atoms with Crippen LogP contribution in [0.15, 0.2) is 35.7 Å². The minimum Gasteiger partial charge on any atom is -0.341 e. The average Bonchev–Trinajstić information content (AvgIpc) is 3.25. The molecule has 1 N–H and O–H groups in total. The molecule has 0 spiro atoms. The second-order valence-electron chi connectivity index (χ2n) is 5.93. The fourth-order valence-corrected chi connectivity index (χ4v) is 4.47. The molecule has 0 saturated heterocycles. The van der Waals surface area contributed by atoms with Gasteiger partial charge >= 0.3 is 0 Å². The standard InChI is InChI=1S/C17H17FN2S2/c18-13-3-1-2-4-14(13)19-17(21)20-9-7-15-12(8-10-22-15)16(20)11-5-6-11/h1-4,8,10-11,16H,5-7,9H2,(H,19,21)/t16-/m1/s1. The van der Waals surface area contributed by atoms with Gasteiger partial charge in [-0.2, -0.15) is 0 Å². The Kier molecular flexibility index (Phi) is 3.62. The monoisotopic (exact) mass is 332 g/mol. The minimum absolute atomic E-state index is 0.263. The van der Waals surface area contributed by atoms with Gasteiger partial charge in [-0.1, -0.05) is 12.1 Å². The van der Waals surface area contributed by atoms with E-state index in [2.05, 4.69) is 21.7 Å². The Morgan fingerprint density at radius 1 is 1.27 bits per heavy atom. The largest absolute Gasteiger partial charge is 0.341 e. The van der Waals surface area contributed by atoms with Crippen LogP contribution in [0.5, 0.6) is 0 Å². The van der Waals surface area contributed by atoms with Gasteiger partial charge in [0.15, 0.2) is 5.11 Å². The molecule has 114 valence electrons. The van der Waals surface area contributed by atoms with Crippen molar-refractivity contribution in [2.75, 3.05) is 11.9 Å². The SMILES string of the molecule is Fc1ccccc1NC(=S)N1CCc2sccc2[C@H]1C1CC1. The third-order valence-electron chi connectivity index (χ3n) is 4.46. The molecule has 2 nitrogen and oxygen atoms in total. The summed E-state index contributed by atoms with van der Waals surface area (Å²) in [6.07, 6.45) is 3.55. The zero-order chi connectivity index (χ0) is 15.1. The van der Waals surface area contributed by atoms with Gasteiger partial charge in [0.25, 0.3) is 0 Å². The number of nitrogens with zero attached hydrogens (tertiary/aromatic N) is 1. The van der Waals surface area contributed by atoms with Crippen molar-refractivity contribution >= 4 is 34.4 Å². The van der Waals surface area contributed by atoms with Gasteiger partial charge in [-0.15, -0.1) is 11.3 Å². The summed E-state index contributed by atoms with van der Waals surface area (Å²) < 4.78 is 13.8. The van der Waals surface area contributed by atoms with Crippen molar-refractivity contribution in [1.82, 2.24) is 4.90 Å². The Morgan fingerprint density at radius 2 is 2.09 bits per heavy atom. The number of nitrogens with one attached hydrogen (secondary N) is 1. The Morgan fingerprint density at radius 3 is 2.86 bits per heavy atom. The van der Waals surface area contributed by atoms with Gasteiger partial charge in [0.05, 0.1) is 11.7 Å². The van der Waals surface area contributed by atoms with Crippen molar-refractivity contribution in [3.63, 3.8) is 0 Å². The van der Waals surface area contributed by atoms with Gasteiger partial charge in [0.2, 0.25) is 0 Å². The van der Waals surface area contributed by atoms with Crippen LogP contribution in [-0.2, 0) is 6.42 Å². The lowest BCUT2D eigenvalue weighted by Crippen LogP contribution is -2.42. The molecule has 1 fully saturated rings. The van der Waals surface area contributed by atoms with Gasteiger partial charge in [0.1, 0.15) is 5.82 Å². The molecule has 1 aromatic heterocycles. The number of thiophene rings is 1. The van der Waals surface area contributed by atoms with Gasteiger partial charge in [-0.25, -0.2) is 4.39 Å². The van der Waals surface area contributed by atoms with Crippen molar-refractivity contribution in [3.8, 4) is 0 Å². The molecule has 1 aliphatic carbocycles. The van der Waals surface area contributed by atoms with Crippen LogP contribution in [0.25, 0.3) is 0 Å². The van der Waals surface area contributed by atoms with E-state index in [1.165, 1.54) is 29.3 Å². The van der Waals surface area contributed by atoms with Crippen LogP contribution >= 0.6 is 23.6 Å². The maximum absolute atomic E-state index is 13.8. The molecule has 0 amide bonds. The maximum atomic E-state index is 13.8. The second-order valence-corrected chi connectivity index (χ2v) is 7.32. The van der Waals surface area contributed by atoms with Crippen LogP contribution in [0, 0.1) is 11.7 Å². The number of rotatable bonds is 2. The van der Waals surface area contributed by atoms with Crippen LogP contribution < -0.4 is 5.32 Å². The second kappa shape index (κ2) is 5.63. The van der Waals surface area contributed by atoms with Crippen molar-refractivity contribution in [3.05, 3.63) is 52.0 Å². The molecule has 1 aliphatic heterocycles. The summed E-state index contributed by atoms with van der Waals surface area (Å²) in [4.78, 5) is 3.75. The third-order valence-corrected chi connectivity index (χ3v) is 5.79. The smallest absolute Gasteiger partial charge is 0.174 e. The Bertz CT molecular complexity index is 708. The first-order chi connectivity index (χ1) is 10.7. The molecule has 1 atom stereocenters. The average molecular weight is 332 g/mol. The summed E-state index contributed by atoms with van der Waals surface area (Å²) in [6.45, 7) is 0.912. The summed E-state index contributed by atoms with van der Waals surface area (Å²) >= 11 is 7.44. The zero-order valence-electron chi connectivity index (χ0n) is 12.1. The van der Waals surface area contributed by atoms with E-state index in [4.69, 9.17) is 12.2 Å². The van der Waals surface area contributed by atoms with Crippen LogP contribution in [0.2, 0.25) is 0 Å².